The fourth-order valence-corrected chi connectivity index (χ4v) is 2.83. The molecule has 0 bridgehead atoms. The fourth-order valence-electron chi connectivity index (χ4n) is 2.83. The van der Waals surface area contributed by atoms with Gasteiger partial charge in [0.2, 0.25) is 0 Å². The summed E-state index contributed by atoms with van der Waals surface area (Å²) in [5.41, 5.74) is 1.99. The monoisotopic (exact) mass is 250 g/mol. The molecule has 0 spiro atoms. The van der Waals surface area contributed by atoms with Crippen LogP contribution in [0.25, 0.3) is 0 Å². The van der Waals surface area contributed by atoms with Gasteiger partial charge in [-0.05, 0) is 46.4 Å². The van der Waals surface area contributed by atoms with E-state index in [1.54, 1.807) is 6.07 Å². The van der Waals surface area contributed by atoms with Crippen LogP contribution in [-0.4, -0.2) is 25.7 Å². The van der Waals surface area contributed by atoms with E-state index in [0.29, 0.717) is 18.0 Å². The number of fused-ring (bicyclic) bond motifs is 1. The van der Waals surface area contributed by atoms with Crippen LogP contribution in [-0.2, 0) is 0 Å². The Kier molecular flexibility index (Phi) is 3.91. The molecule has 3 heteroatoms. The van der Waals surface area contributed by atoms with Gasteiger partial charge in [-0.1, -0.05) is 6.07 Å². The highest BCUT2D eigenvalue weighted by molar-refractivity contribution is 5.61. The number of hydrogen-bond donors (Lipinski definition) is 1. The number of nitrogens with one attached hydrogen (secondary N) is 1. The minimum Gasteiger partial charge on any atom is -0.368 e. The van der Waals surface area contributed by atoms with Crippen molar-refractivity contribution in [3.63, 3.8) is 0 Å². The molecule has 0 amide bonds. The summed E-state index contributed by atoms with van der Waals surface area (Å²) < 4.78 is 14.1. The molecular formula is C15H23FN2. The molecule has 1 aromatic rings. The van der Waals surface area contributed by atoms with Gasteiger partial charge in [-0.2, -0.15) is 0 Å². The highest BCUT2D eigenvalue weighted by Gasteiger charge is 2.32. The average molecular weight is 250 g/mol. The molecule has 0 aliphatic carbocycles. The van der Waals surface area contributed by atoms with Gasteiger partial charge < -0.3 is 10.2 Å². The fraction of sp³-hybridized carbons (Fsp3) is 0.600. The maximum Gasteiger partial charge on any atom is 0.128 e. The number of anilines is 1. The number of nitrogens with zero attached hydrogens (tertiary/aromatic N) is 1. The molecule has 1 aliphatic heterocycles. The molecule has 2 unspecified atom stereocenters. The summed E-state index contributed by atoms with van der Waals surface area (Å²) in [4.78, 5) is 2.31. The van der Waals surface area contributed by atoms with Gasteiger partial charge in [-0.3, -0.25) is 0 Å². The highest BCUT2D eigenvalue weighted by Crippen LogP contribution is 2.41. The summed E-state index contributed by atoms with van der Waals surface area (Å²) in [6, 6.07) is 6.27. The van der Waals surface area contributed by atoms with Gasteiger partial charge >= 0.3 is 0 Å². The second-order valence-corrected chi connectivity index (χ2v) is 5.54. The van der Waals surface area contributed by atoms with Crippen LogP contribution in [0.4, 0.5) is 10.1 Å². The normalized spacial score (nSPS) is 20.3. The molecule has 0 saturated carbocycles. The molecule has 0 radical (unpaired) electrons. The summed E-state index contributed by atoms with van der Waals surface area (Å²) in [5.74, 6) is 0.245. The average Bonchev–Trinajstić information content (AvgIpc) is 2.69. The van der Waals surface area contributed by atoms with E-state index >= 15 is 0 Å². The Labute approximate surface area is 109 Å². The summed E-state index contributed by atoms with van der Waals surface area (Å²) >= 11 is 0. The zero-order chi connectivity index (χ0) is 13.3. The van der Waals surface area contributed by atoms with Gasteiger partial charge in [0.15, 0.2) is 0 Å². The predicted octanol–water partition coefficient (Wildman–Crippen LogP) is 3.14. The van der Waals surface area contributed by atoms with Gasteiger partial charge in [0.25, 0.3) is 0 Å². The molecule has 1 aliphatic rings. The summed E-state index contributed by atoms with van der Waals surface area (Å²) in [7, 11) is 1.96. The molecule has 18 heavy (non-hydrogen) atoms. The maximum absolute atomic E-state index is 14.1. The minimum absolute atomic E-state index is 0.0519. The quantitative estimate of drug-likeness (QED) is 0.883. The lowest BCUT2D eigenvalue weighted by Gasteiger charge is -2.25. The second-order valence-electron chi connectivity index (χ2n) is 5.54. The Balaban J connectivity index is 2.32. The number of halogens is 1. The van der Waals surface area contributed by atoms with E-state index in [1.165, 1.54) is 0 Å². The first-order chi connectivity index (χ1) is 8.54. The van der Waals surface area contributed by atoms with Crippen LogP contribution in [0.2, 0.25) is 0 Å². The van der Waals surface area contributed by atoms with Crippen LogP contribution in [0, 0.1) is 5.82 Å². The number of benzene rings is 1. The van der Waals surface area contributed by atoms with Crippen LogP contribution in [0.1, 0.15) is 38.7 Å². The van der Waals surface area contributed by atoms with Crippen LogP contribution >= 0.6 is 0 Å². The van der Waals surface area contributed by atoms with Gasteiger partial charge in [-0.15, -0.1) is 0 Å². The molecule has 100 valence electrons. The SMILES string of the molecule is CNC(C)CC1CN(C(C)C)c2cccc(F)c21. The third-order valence-corrected chi connectivity index (χ3v) is 3.92. The van der Waals surface area contributed by atoms with Gasteiger partial charge in [0.05, 0.1) is 0 Å². The molecule has 2 rings (SSSR count). The Morgan fingerprint density at radius 3 is 2.72 bits per heavy atom. The molecule has 1 heterocycles. The molecule has 0 aromatic heterocycles. The Morgan fingerprint density at radius 2 is 2.11 bits per heavy atom. The first-order valence-corrected chi connectivity index (χ1v) is 6.77. The lowest BCUT2D eigenvalue weighted by atomic mass is 9.94. The van der Waals surface area contributed by atoms with Crippen molar-refractivity contribution in [2.45, 2.75) is 45.2 Å². The predicted molar refractivity (Wildman–Crippen MR) is 74.8 cm³/mol. The van der Waals surface area contributed by atoms with Crippen molar-refractivity contribution in [1.82, 2.24) is 5.32 Å². The second kappa shape index (κ2) is 5.27. The molecule has 2 nitrogen and oxygen atoms in total. The van der Waals surface area contributed by atoms with Crippen LogP contribution in [0.3, 0.4) is 0 Å². The zero-order valence-electron chi connectivity index (χ0n) is 11.7. The van der Waals surface area contributed by atoms with Gasteiger partial charge in [0, 0.05) is 35.8 Å². The van der Waals surface area contributed by atoms with E-state index in [9.17, 15) is 4.39 Å². The minimum atomic E-state index is -0.0519. The van der Waals surface area contributed by atoms with E-state index in [0.717, 1.165) is 24.2 Å². The third-order valence-electron chi connectivity index (χ3n) is 3.92. The third kappa shape index (κ3) is 2.37. The Morgan fingerprint density at radius 1 is 1.39 bits per heavy atom. The van der Waals surface area contributed by atoms with Crippen molar-refractivity contribution in [3.8, 4) is 0 Å². The topological polar surface area (TPSA) is 15.3 Å². The lowest BCUT2D eigenvalue weighted by Crippen LogP contribution is -2.31. The molecular weight excluding hydrogens is 227 g/mol. The largest absolute Gasteiger partial charge is 0.368 e. The smallest absolute Gasteiger partial charge is 0.128 e. The first-order valence-electron chi connectivity index (χ1n) is 6.77. The van der Waals surface area contributed by atoms with E-state index in [-0.39, 0.29) is 5.82 Å². The number of rotatable bonds is 4. The lowest BCUT2D eigenvalue weighted by molar-refractivity contribution is 0.487. The van der Waals surface area contributed by atoms with Crippen molar-refractivity contribution in [3.05, 3.63) is 29.6 Å². The maximum atomic E-state index is 14.1. The van der Waals surface area contributed by atoms with Crippen molar-refractivity contribution < 1.29 is 4.39 Å². The van der Waals surface area contributed by atoms with Gasteiger partial charge in [-0.25, -0.2) is 4.39 Å². The summed E-state index contributed by atoms with van der Waals surface area (Å²) in [5, 5.41) is 3.25. The van der Waals surface area contributed by atoms with Crippen molar-refractivity contribution >= 4 is 5.69 Å². The standard InChI is InChI=1S/C15H23FN2/c1-10(2)18-9-12(8-11(3)17-4)15-13(16)6-5-7-14(15)18/h5-7,10-12,17H,8-9H2,1-4H3. The van der Waals surface area contributed by atoms with Crippen molar-refractivity contribution in [2.24, 2.45) is 0 Å². The van der Waals surface area contributed by atoms with Crippen LogP contribution in [0.15, 0.2) is 18.2 Å². The number of hydrogen-bond acceptors (Lipinski definition) is 2. The van der Waals surface area contributed by atoms with Crippen molar-refractivity contribution in [1.29, 1.82) is 0 Å². The van der Waals surface area contributed by atoms with Crippen molar-refractivity contribution in [2.75, 3.05) is 18.5 Å². The zero-order valence-corrected chi connectivity index (χ0v) is 11.7. The summed E-state index contributed by atoms with van der Waals surface area (Å²) in [6.45, 7) is 7.41. The Bertz CT molecular complexity index is 417. The molecule has 1 aromatic carbocycles. The molecule has 1 N–H and O–H groups in total. The Hall–Kier alpha value is -1.09. The molecule has 2 atom stereocenters. The molecule has 0 fully saturated rings. The van der Waals surface area contributed by atoms with Crippen LogP contribution in [0.5, 0.6) is 0 Å². The van der Waals surface area contributed by atoms with Gasteiger partial charge in [0.1, 0.15) is 5.82 Å². The summed E-state index contributed by atoms with van der Waals surface area (Å²) in [6.07, 6.45) is 0.980. The van der Waals surface area contributed by atoms with E-state index in [2.05, 4.69) is 31.0 Å². The van der Waals surface area contributed by atoms with E-state index in [1.807, 2.05) is 19.2 Å². The van der Waals surface area contributed by atoms with E-state index < -0.39 is 0 Å². The van der Waals surface area contributed by atoms with E-state index in [4.69, 9.17) is 0 Å². The first kappa shape index (κ1) is 13.3. The highest BCUT2D eigenvalue weighted by atomic mass is 19.1. The molecule has 0 saturated heterocycles. The van der Waals surface area contributed by atoms with Crippen LogP contribution < -0.4 is 10.2 Å².